The molecule has 0 unspecified atom stereocenters. The Hall–Kier alpha value is -1.84. The topological polar surface area (TPSA) is 35.9 Å². The number of hydrogen-bond acceptors (Lipinski definition) is 1. The third kappa shape index (κ3) is 3.08. The zero-order valence-electron chi connectivity index (χ0n) is 10.1. The van der Waals surface area contributed by atoms with E-state index in [2.05, 4.69) is 4.99 Å². The molecule has 1 aromatic carbocycles. The quantitative estimate of drug-likeness (QED) is 0.527. The molecular formula is C12H17N3O. The lowest BCUT2D eigenvalue weighted by Crippen LogP contribution is -2.36. The zero-order chi connectivity index (χ0) is 12.1. The van der Waals surface area contributed by atoms with Gasteiger partial charge >= 0.3 is 0 Å². The maximum absolute atomic E-state index is 11.8. The van der Waals surface area contributed by atoms with Crippen LogP contribution in [0.25, 0.3) is 0 Å². The number of benzene rings is 1. The van der Waals surface area contributed by atoms with Gasteiger partial charge in [0.25, 0.3) is 5.91 Å². The lowest BCUT2D eigenvalue weighted by Gasteiger charge is -2.22. The number of aliphatic imine (C=N–C) groups is 1. The van der Waals surface area contributed by atoms with Crippen LogP contribution in [0.3, 0.4) is 0 Å². The van der Waals surface area contributed by atoms with E-state index in [-0.39, 0.29) is 5.91 Å². The molecule has 0 aromatic heterocycles. The summed E-state index contributed by atoms with van der Waals surface area (Å²) in [5.74, 6) is 0.409. The van der Waals surface area contributed by atoms with Crippen LogP contribution in [0, 0.1) is 0 Å². The summed E-state index contributed by atoms with van der Waals surface area (Å²) < 4.78 is 0. The Balaban J connectivity index is 2.94. The van der Waals surface area contributed by atoms with E-state index in [4.69, 9.17) is 0 Å². The molecule has 0 N–H and O–H groups in total. The van der Waals surface area contributed by atoms with Crippen molar-refractivity contribution in [2.45, 2.75) is 0 Å². The average Bonchev–Trinajstić information content (AvgIpc) is 2.25. The Morgan fingerprint density at radius 3 is 1.94 bits per heavy atom. The largest absolute Gasteiger partial charge is 0.349 e. The maximum atomic E-state index is 11.8. The van der Waals surface area contributed by atoms with Crippen molar-refractivity contribution in [3.05, 3.63) is 35.9 Å². The maximum Gasteiger partial charge on any atom is 0.280 e. The minimum absolute atomic E-state index is 0.224. The van der Waals surface area contributed by atoms with E-state index in [1.165, 1.54) is 0 Å². The number of carbonyl (C=O) groups is 1. The molecule has 1 rings (SSSR count). The lowest BCUT2D eigenvalue weighted by molar-refractivity contribution is 0.0999. The third-order valence-corrected chi connectivity index (χ3v) is 2.02. The van der Waals surface area contributed by atoms with Crippen molar-refractivity contribution in [1.29, 1.82) is 0 Å². The van der Waals surface area contributed by atoms with Crippen LogP contribution in [0.4, 0.5) is 0 Å². The fourth-order valence-corrected chi connectivity index (χ4v) is 1.34. The molecule has 0 saturated heterocycles. The number of amides is 1. The summed E-state index contributed by atoms with van der Waals surface area (Å²) in [6, 6.07) is 9.05. The summed E-state index contributed by atoms with van der Waals surface area (Å²) in [4.78, 5) is 19.5. The van der Waals surface area contributed by atoms with Crippen LogP contribution in [0.15, 0.2) is 35.3 Å². The molecule has 0 aliphatic heterocycles. The smallest absolute Gasteiger partial charge is 0.280 e. The summed E-state index contributed by atoms with van der Waals surface area (Å²) in [6.45, 7) is 0. The van der Waals surface area contributed by atoms with Gasteiger partial charge in [-0.2, -0.15) is 4.99 Å². The van der Waals surface area contributed by atoms with Crippen LogP contribution in [-0.4, -0.2) is 49.9 Å². The first kappa shape index (κ1) is 12.2. The predicted molar refractivity (Wildman–Crippen MR) is 65.6 cm³/mol. The van der Waals surface area contributed by atoms with Gasteiger partial charge in [-0.15, -0.1) is 0 Å². The summed E-state index contributed by atoms with van der Waals surface area (Å²) in [7, 11) is 7.43. The van der Waals surface area contributed by atoms with E-state index in [1.54, 1.807) is 21.9 Å². The van der Waals surface area contributed by atoms with Crippen molar-refractivity contribution in [1.82, 2.24) is 9.80 Å². The van der Waals surface area contributed by atoms with Crippen molar-refractivity contribution < 1.29 is 4.79 Å². The van der Waals surface area contributed by atoms with Crippen molar-refractivity contribution in [3.8, 4) is 0 Å². The summed E-state index contributed by atoms with van der Waals surface area (Å²) in [6.07, 6.45) is 0. The van der Waals surface area contributed by atoms with Gasteiger partial charge in [-0.1, -0.05) is 18.2 Å². The van der Waals surface area contributed by atoms with Crippen LogP contribution in [0.1, 0.15) is 10.4 Å². The number of hydrogen-bond donors (Lipinski definition) is 0. The van der Waals surface area contributed by atoms with Crippen molar-refractivity contribution in [2.24, 2.45) is 4.99 Å². The Labute approximate surface area is 96.2 Å². The second kappa shape index (κ2) is 5.30. The standard InChI is InChI=1S/C12H17N3O/c1-14(2)12(15(3)4)13-11(16)10-8-6-5-7-9-10/h5-9H,1-4H3. The zero-order valence-corrected chi connectivity index (χ0v) is 10.1. The molecular weight excluding hydrogens is 202 g/mol. The van der Waals surface area contributed by atoms with Gasteiger partial charge in [-0.3, -0.25) is 4.79 Å². The number of carbonyl (C=O) groups excluding carboxylic acids is 1. The van der Waals surface area contributed by atoms with Gasteiger partial charge in [0.05, 0.1) is 0 Å². The highest BCUT2D eigenvalue weighted by molar-refractivity contribution is 6.02. The molecule has 0 radical (unpaired) electrons. The molecule has 1 amide bonds. The van der Waals surface area contributed by atoms with E-state index in [0.29, 0.717) is 11.5 Å². The molecule has 0 aliphatic carbocycles. The van der Waals surface area contributed by atoms with Gasteiger partial charge in [0.1, 0.15) is 0 Å². The monoisotopic (exact) mass is 219 g/mol. The summed E-state index contributed by atoms with van der Waals surface area (Å²) in [5.41, 5.74) is 0.601. The fourth-order valence-electron chi connectivity index (χ4n) is 1.34. The van der Waals surface area contributed by atoms with E-state index in [0.717, 1.165) is 0 Å². The highest BCUT2D eigenvalue weighted by atomic mass is 16.1. The molecule has 0 saturated carbocycles. The number of guanidine groups is 1. The van der Waals surface area contributed by atoms with Crippen LogP contribution < -0.4 is 0 Å². The first-order valence-corrected chi connectivity index (χ1v) is 5.05. The van der Waals surface area contributed by atoms with Crippen molar-refractivity contribution in [2.75, 3.05) is 28.2 Å². The Morgan fingerprint density at radius 1 is 1.00 bits per heavy atom. The van der Waals surface area contributed by atoms with Crippen LogP contribution in [0.5, 0.6) is 0 Å². The van der Waals surface area contributed by atoms with Crippen LogP contribution >= 0.6 is 0 Å². The van der Waals surface area contributed by atoms with Gasteiger partial charge in [-0.05, 0) is 12.1 Å². The third-order valence-electron chi connectivity index (χ3n) is 2.02. The minimum atomic E-state index is -0.224. The molecule has 0 spiro atoms. The number of nitrogens with zero attached hydrogens (tertiary/aromatic N) is 3. The highest BCUT2D eigenvalue weighted by Crippen LogP contribution is 2.02. The first-order valence-electron chi connectivity index (χ1n) is 5.05. The Kier molecular flexibility index (Phi) is 4.05. The van der Waals surface area contributed by atoms with Crippen LogP contribution in [0.2, 0.25) is 0 Å². The molecule has 16 heavy (non-hydrogen) atoms. The van der Waals surface area contributed by atoms with E-state index < -0.39 is 0 Å². The second-order valence-corrected chi connectivity index (χ2v) is 3.87. The molecule has 0 aliphatic rings. The molecule has 0 heterocycles. The van der Waals surface area contributed by atoms with Gasteiger partial charge in [0.2, 0.25) is 5.96 Å². The molecule has 1 aromatic rings. The molecule has 86 valence electrons. The number of rotatable bonds is 1. The highest BCUT2D eigenvalue weighted by Gasteiger charge is 2.09. The van der Waals surface area contributed by atoms with Gasteiger partial charge in [-0.25, -0.2) is 0 Å². The molecule has 4 nitrogen and oxygen atoms in total. The van der Waals surface area contributed by atoms with Gasteiger partial charge in [0.15, 0.2) is 0 Å². The average molecular weight is 219 g/mol. The van der Waals surface area contributed by atoms with Gasteiger partial charge < -0.3 is 9.80 Å². The fraction of sp³-hybridized carbons (Fsp3) is 0.333. The Bertz CT molecular complexity index is 373. The summed E-state index contributed by atoms with van der Waals surface area (Å²) in [5, 5.41) is 0. The Morgan fingerprint density at radius 2 is 1.50 bits per heavy atom. The minimum Gasteiger partial charge on any atom is -0.349 e. The molecule has 4 heteroatoms. The first-order chi connectivity index (χ1) is 7.52. The van der Waals surface area contributed by atoms with E-state index in [9.17, 15) is 4.79 Å². The predicted octanol–water partition coefficient (Wildman–Crippen LogP) is 1.31. The van der Waals surface area contributed by atoms with Crippen molar-refractivity contribution >= 4 is 11.9 Å². The SMILES string of the molecule is CN(C)C(=NC(=O)c1ccccc1)N(C)C. The van der Waals surface area contributed by atoms with Gasteiger partial charge in [0, 0.05) is 33.8 Å². The van der Waals surface area contributed by atoms with E-state index >= 15 is 0 Å². The van der Waals surface area contributed by atoms with Crippen molar-refractivity contribution in [3.63, 3.8) is 0 Å². The normalized spacial score (nSPS) is 9.50. The van der Waals surface area contributed by atoms with Crippen LogP contribution in [-0.2, 0) is 0 Å². The molecule has 0 fully saturated rings. The molecule has 0 atom stereocenters. The van der Waals surface area contributed by atoms with E-state index in [1.807, 2.05) is 46.4 Å². The second-order valence-electron chi connectivity index (χ2n) is 3.87. The summed E-state index contributed by atoms with van der Waals surface area (Å²) >= 11 is 0. The molecule has 0 bridgehead atoms. The lowest BCUT2D eigenvalue weighted by atomic mass is 10.2.